The van der Waals surface area contributed by atoms with Gasteiger partial charge in [-0.25, -0.2) is 0 Å². The number of hydrogen-bond acceptors (Lipinski definition) is 4. The van der Waals surface area contributed by atoms with Crippen LogP contribution >= 0.6 is 0 Å². The van der Waals surface area contributed by atoms with Gasteiger partial charge in [-0.1, -0.05) is 0 Å². The second-order valence-corrected chi connectivity index (χ2v) is 6.11. The third-order valence-electron chi connectivity index (χ3n) is 2.61. The van der Waals surface area contributed by atoms with Crippen LogP contribution in [0, 0.1) is 0 Å². The van der Waals surface area contributed by atoms with E-state index in [1.165, 1.54) is 18.4 Å². The van der Waals surface area contributed by atoms with Gasteiger partial charge in [0.05, 0.1) is 0 Å². The fraction of sp³-hybridized carbons (Fsp3) is 0.889. The molecule has 0 spiro atoms. The van der Waals surface area contributed by atoms with Crippen molar-refractivity contribution in [3.63, 3.8) is 0 Å². The average molecular weight is 264 g/mol. The summed E-state index contributed by atoms with van der Waals surface area (Å²) >= 11 is 0. The smallest absolute Gasteiger partial charge is 0.282 e. The monoisotopic (exact) mass is 264 g/mol. The van der Waals surface area contributed by atoms with Gasteiger partial charge < -0.3 is 10.6 Å². The molecule has 1 amide bonds. The zero-order valence-electron chi connectivity index (χ0n) is 10.4. The molecule has 17 heavy (non-hydrogen) atoms. The molecule has 1 unspecified atom stereocenters. The molecule has 0 aromatic carbocycles. The van der Waals surface area contributed by atoms with Crippen molar-refractivity contribution in [1.29, 1.82) is 0 Å². The summed E-state index contributed by atoms with van der Waals surface area (Å²) in [5, 5.41) is 5.68. The fourth-order valence-corrected chi connectivity index (χ4v) is 2.92. The Morgan fingerprint density at radius 1 is 1.53 bits per heavy atom. The molecule has 0 bridgehead atoms. The van der Waals surface area contributed by atoms with E-state index in [0.29, 0.717) is 26.2 Å². The van der Waals surface area contributed by atoms with Crippen molar-refractivity contribution < 1.29 is 13.2 Å². The lowest BCUT2D eigenvalue weighted by Crippen LogP contribution is -2.61. The molecule has 1 saturated heterocycles. The first-order chi connectivity index (χ1) is 7.91. The van der Waals surface area contributed by atoms with Crippen LogP contribution in [0.15, 0.2) is 0 Å². The zero-order chi connectivity index (χ0) is 13.1. The first-order valence-electron chi connectivity index (χ1n) is 5.59. The maximum Gasteiger partial charge on any atom is 0.282 e. The lowest BCUT2D eigenvalue weighted by atomic mass is 10.2. The summed E-state index contributed by atoms with van der Waals surface area (Å²) in [5.41, 5.74) is 0. The van der Waals surface area contributed by atoms with Crippen LogP contribution in [0.5, 0.6) is 0 Å². The zero-order valence-corrected chi connectivity index (χ0v) is 11.2. The number of carbonyl (C=O) groups excluding carboxylic acids is 1. The van der Waals surface area contributed by atoms with E-state index >= 15 is 0 Å². The summed E-state index contributed by atoms with van der Waals surface area (Å²) in [6, 6.07) is -0.670. The van der Waals surface area contributed by atoms with Gasteiger partial charge in [-0.05, 0) is 6.92 Å². The van der Waals surface area contributed by atoms with Crippen molar-refractivity contribution in [2.75, 3.05) is 40.3 Å². The Balaban J connectivity index is 2.90. The molecular weight excluding hydrogens is 244 g/mol. The summed E-state index contributed by atoms with van der Waals surface area (Å²) in [7, 11) is -0.618. The van der Waals surface area contributed by atoms with Gasteiger partial charge in [0.1, 0.15) is 6.04 Å². The Labute approximate surface area is 102 Å². The van der Waals surface area contributed by atoms with Gasteiger partial charge in [-0.3, -0.25) is 4.79 Å². The number of amides is 1. The van der Waals surface area contributed by atoms with Crippen molar-refractivity contribution in [2.45, 2.75) is 13.0 Å². The summed E-state index contributed by atoms with van der Waals surface area (Å²) in [4.78, 5) is 11.8. The molecule has 1 heterocycles. The van der Waals surface area contributed by atoms with Gasteiger partial charge in [0, 0.05) is 40.3 Å². The van der Waals surface area contributed by atoms with E-state index in [1.807, 2.05) is 0 Å². The molecule has 100 valence electrons. The Morgan fingerprint density at radius 2 is 2.18 bits per heavy atom. The van der Waals surface area contributed by atoms with Gasteiger partial charge in [-0.15, -0.1) is 0 Å². The molecule has 1 fully saturated rings. The molecule has 0 aromatic heterocycles. The van der Waals surface area contributed by atoms with E-state index in [4.69, 9.17) is 0 Å². The highest BCUT2D eigenvalue weighted by molar-refractivity contribution is 7.86. The number of likely N-dealkylation sites (N-methyl/N-ethyl adjacent to an activating group) is 1. The summed E-state index contributed by atoms with van der Waals surface area (Å²) in [6.07, 6.45) is 0. The number of nitrogens with one attached hydrogen (secondary N) is 2. The molecule has 1 rings (SSSR count). The van der Waals surface area contributed by atoms with E-state index in [1.54, 1.807) is 6.92 Å². The van der Waals surface area contributed by atoms with Crippen molar-refractivity contribution in [2.24, 2.45) is 0 Å². The quantitative estimate of drug-likeness (QED) is 0.628. The van der Waals surface area contributed by atoms with Gasteiger partial charge in [0.15, 0.2) is 0 Å². The Morgan fingerprint density at radius 3 is 2.71 bits per heavy atom. The number of carbonyl (C=O) groups is 1. The molecule has 8 heteroatoms. The number of piperazine rings is 1. The third kappa shape index (κ3) is 3.15. The molecule has 0 aromatic rings. The second-order valence-electron chi connectivity index (χ2n) is 4.02. The first kappa shape index (κ1) is 14.4. The molecular formula is C9H20N4O3S. The first-order valence-corrected chi connectivity index (χ1v) is 6.98. The van der Waals surface area contributed by atoms with Crippen LogP contribution in [0.25, 0.3) is 0 Å². The number of hydrogen-bond donors (Lipinski definition) is 2. The molecule has 0 saturated carbocycles. The van der Waals surface area contributed by atoms with Crippen LogP contribution in [0.3, 0.4) is 0 Å². The van der Waals surface area contributed by atoms with Crippen LogP contribution in [-0.2, 0) is 15.0 Å². The van der Waals surface area contributed by atoms with Crippen LogP contribution < -0.4 is 10.6 Å². The largest absolute Gasteiger partial charge is 0.355 e. The fourth-order valence-electron chi connectivity index (χ4n) is 1.69. The minimum absolute atomic E-state index is 0.259. The lowest BCUT2D eigenvalue weighted by Gasteiger charge is -2.35. The van der Waals surface area contributed by atoms with Crippen LogP contribution in [-0.4, -0.2) is 69.3 Å². The topological polar surface area (TPSA) is 81.8 Å². The van der Waals surface area contributed by atoms with Gasteiger partial charge >= 0.3 is 0 Å². The molecule has 1 aliphatic heterocycles. The Bertz CT molecular complexity index is 368. The minimum atomic E-state index is -3.55. The van der Waals surface area contributed by atoms with Crippen LogP contribution in [0.4, 0.5) is 0 Å². The van der Waals surface area contributed by atoms with Crippen molar-refractivity contribution >= 4 is 16.1 Å². The van der Waals surface area contributed by atoms with Gasteiger partial charge in [-0.2, -0.15) is 17.0 Å². The highest BCUT2D eigenvalue weighted by Gasteiger charge is 2.37. The van der Waals surface area contributed by atoms with E-state index in [0.717, 1.165) is 4.31 Å². The number of rotatable bonds is 4. The van der Waals surface area contributed by atoms with E-state index in [-0.39, 0.29) is 5.91 Å². The summed E-state index contributed by atoms with van der Waals surface area (Å²) < 4.78 is 26.5. The normalized spacial score (nSPS) is 22.7. The number of nitrogens with zero attached hydrogens (tertiary/aromatic N) is 2. The van der Waals surface area contributed by atoms with Gasteiger partial charge in [0.25, 0.3) is 10.2 Å². The van der Waals surface area contributed by atoms with Crippen molar-refractivity contribution in [3.8, 4) is 0 Å². The molecule has 1 atom stereocenters. The molecule has 0 radical (unpaired) electrons. The molecule has 0 aliphatic carbocycles. The average Bonchev–Trinajstić information content (AvgIpc) is 2.29. The molecule has 2 N–H and O–H groups in total. The van der Waals surface area contributed by atoms with Crippen molar-refractivity contribution in [1.82, 2.24) is 19.2 Å². The SMILES string of the molecule is CCNC(=O)C1CNCCN1S(=O)(=O)N(C)C. The van der Waals surface area contributed by atoms with E-state index in [2.05, 4.69) is 10.6 Å². The Hall–Kier alpha value is -0.700. The highest BCUT2D eigenvalue weighted by atomic mass is 32.2. The predicted octanol–water partition coefficient (Wildman–Crippen LogP) is -1.80. The minimum Gasteiger partial charge on any atom is -0.355 e. The third-order valence-corrected chi connectivity index (χ3v) is 4.56. The van der Waals surface area contributed by atoms with Crippen molar-refractivity contribution in [3.05, 3.63) is 0 Å². The van der Waals surface area contributed by atoms with Crippen LogP contribution in [0.2, 0.25) is 0 Å². The maximum absolute atomic E-state index is 12.0. The summed E-state index contributed by atoms with van der Waals surface area (Å²) in [6.45, 7) is 3.51. The lowest BCUT2D eigenvalue weighted by molar-refractivity contribution is -0.125. The predicted molar refractivity (Wildman–Crippen MR) is 64.7 cm³/mol. The molecule has 7 nitrogen and oxygen atoms in total. The summed E-state index contributed by atoms with van der Waals surface area (Å²) in [5.74, 6) is -0.259. The Kier molecular flexibility index (Phi) is 4.87. The second kappa shape index (κ2) is 5.76. The highest BCUT2D eigenvalue weighted by Crippen LogP contribution is 2.12. The molecule has 1 aliphatic rings. The maximum atomic E-state index is 12.0. The van der Waals surface area contributed by atoms with Gasteiger partial charge in [0.2, 0.25) is 5.91 Å². The van der Waals surface area contributed by atoms with Crippen LogP contribution in [0.1, 0.15) is 6.92 Å². The van der Waals surface area contributed by atoms with E-state index < -0.39 is 16.3 Å². The standard InChI is InChI=1S/C9H20N4O3S/c1-4-11-9(14)8-7-10-5-6-13(8)17(15,16)12(2)3/h8,10H,4-7H2,1-3H3,(H,11,14). The van der Waals surface area contributed by atoms with E-state index in [9.17, 15) is 13.2 Å².